The van der Waals surface area contributed by atoms with Crippen molar-refractivity contribution in [3.8, 4) is 0 Å². The maximum atomic E-state index is 5.34. The predicted octanol–water partition coefficient (Wildman–Crippen LogP) is 5.64. The Morgan fingerprint density at radius 1 is 0.541 bits per heavy atom. The Morgan fingerprint density at radius 3 is 1.19 bits per heavy atom. The SMILES string of the molecule is C[C@H]1Cc2cccc3c2c1nn3[B-](n1nc2c3c(cccc31)C[C@@H]2C)n1nc2c3c(cccc31)C[C@@H]2C. The number of benzene rings is 3. The van der Waals surface area contributed by atoms with Crippen LogP contribution in [0, 0.1) is 0 Å². The molecule has 181 valence electrons. The summed E-state index contributed by atoms with van der Waals surface area (Å²) in [7, 11) is -0.328. The van der Waals surface area contributed by atoms with Crippen LogP contribution in [0.25, 0.3) is 32.7 Å². The Labute approximate surface area is 215 Å². The third kappa shape index (κ3) is 2.41. The molecule has 0 aliphatic heterocycles. The van der Waals surface area contributed by atoms with Gasteiger partial charge < -0.3 is 13.8 Å². The fourth-order valence-electron chi connectivity index (χ4n) is 7.54. The molecule has 7 heteroatoms. The molecule has 0 amide bonds. The minimum Gasteiger partial charge on any atom is -0.418 e. The molecule has 1 radical (unpaired) electrons. The van der Waals surface area contributed by atoms with E-state index in [0.717, 1.165) is 19.3 Å². The Morgan fingerprint density at radius 2 is 0.865 bits per heavy atom. The summed E-state index contributed by atoms with van der Waals surface area (Å²) in [6.45, 7) is 6.88. The molecular formula is C30H27BN6-. The highest BCUT2D eigenvalue weighted by atomic mass is 15.5. The van der Waals surface area contributed by atoms with E-state index in [1.165, 1.54) is 66.5 Å². The van der Waals surface area contributed by atoms with Crippen LogP contribution in [0.1, 0.15) is 72.3 Å². The van der Waals surface area contributed by atoms with Gasteiger partial charge in [-0.15, -0.1) is 0 Å². The molecular weight excluding hydrogens is 455 g/mol. The second-order valence-electron chi connectivity index (χ2n) is 11.6. The Bertz CT molecular complexity index is 1720. The van der Waals surface area contributed by atoms with Crippen molar-refractivity contribution in [2.45, 2.75) is 57.8 Å². The van der Waals surface area contributed by atoms with Crippen LogP contribution in [0.5, 0.6) is 0 Å². The van der Waals surface area contributed by atoms with Crippen molar-refractivity contribution in [1.82, 2.24) is 29.1 Å². The van der Waals surface area contributed by atoms with Crippen molar-refractivity contribution in [2.75, 3.05) is 0 Å². The molecule has 0 saturated heterocycles. The number of aromatic nitrogens is 6. The highest BCUT2D eigenvalue weighted by molar-refractivity contribution is 6.56. The minimum atomic E-state index is -0.328. The number of nitrogens with zero attached hydrogens (tertiary/aromatic N) is 6. The smallest absolute Gasteiger partial charge is 0.262 e. The van der Waals surface area contributed by atoms with E-state index in [1.54, 1.807) is 0 Å². The van der Waals surface area contributed by atoms with Gasteiger partial charge >= 0.3 is 0 Å². The number of rotatable bonds is 3. The molecule has 0 bridgehead atoms. The molecule has 3 aliphatic rings. The zero-order valence-electron chi connectivity index (χ0n) is 21.3. The van der Waals surface area contributed by atoms with Crippen LogP contribution < -0.4 is 0 Å². The molecule has 0 unspecified atom stereocenters. The van der Waals surface area contributed by atoms with Crippen LogP contribution in [0.15, 0.2) is 54.6 Å². The van der Waals surface area contributed by atoms with Gasteiger partial charge in [0.05, 0.1) is 17.1 Å². The van der Waals surface area contributed by atoms with Crippen molar-refractivity contribution in [2.24, 2.45) is 0 Å². The summed E-state index contributed by atoms with van der Waals surface area (Å²) >= 11 is 0. The first kappa shape index (κ1) is 20.2. The monoisotopic (exact) mass is 482 g/mol. The lowest BCUT2D eigenvalue weighted by molar-refractivity contribution is 0.699. The van der Waals surface area contributed by atoms with E-state index in [1.807, 2.05) is 0 Å². The lowest BCUT2D eigenvalue weighted by atomic mass is 9.92. The van der Waals surface area contributed by atoms with Crippen molar-refractivity contribution in [1.29, 1.82) is 0 Å². The highest BCUT2D eigenvalue weighted by Crippen LogP contribution is 2.42. The van der Waals surface area contributed by atoms with E-state index in [4.69, 9.17) is 15.3 Å². The normalized spacial score (nSPS) is 21.6. The Hall–Kier alpha value is -3.87. The molecule has 6 nitrogen and oxygen atoms in total. The third-order valence-corrected chi connectivity index (χ3v) is 9.18. The predicted molar refractivity (Wildman–Crippen MR) is 148 cm³/mol. The van der Waals surface area contributed by atoms with Crippen LogP contribution >= 0.6 is 0 Å². The molecule has 0 spiro atoms. The first-order chi connectivity index (χ1) is 18.1. The summed E-state index contributed by atoms with van der Waals surface area (Å²) in [6, 6.07) is 20.0. The topological polar surface area (TPSA) is 53.5 Å². The molecule has 0 fully saturated rings. The van der Waals surface area contributed by atoms with Gasteiger partial charge in [0, 0.05) is 50.5 Å². The fraction of sp³-hybridized carbons (Fsp3) is 0.300. The first-order valence-electron chi connectivity index (χ1n) is 13.6. The second-order valence-corrected chi connectivity index (χ2v) is 11.6. The maximum Gasteiger partial charge on any atom is 0.262 e. The van der Waals surface area contributed by atoms with Crippen LogP contribution in [0.4, 0.5) is 0 Å². The van der Waals surface area contributed by atoms with Gasteiger partial charge in [-0.25, -0.2) is 15.3 Å². The summed E-state index contributed by atoms with van der Waals surface area (Å²) in [5, 5.41) is 20.0. The zero-order valence-corrected chi connectivity index (χ0v) is 21.3. The standard InChI is InChI=1S/C30H27BN6/c1-16-13-19-7-4-10-22-25(19)28(16)32-35(22)31(36-23-11-5-8-20-14-17(2)29(33-36)26(20)23)37-24-12-6-9-21-15-18(3)30(34-37)27(21)24/h4-12,16-18H,13-15H2,1-3H3/q-1/t16-,17-,18-/m0/s1. The van der Waals surface area contributed by atoms with Crippen molar-refractivity contribution in [3.63, 3.8) is 0 Å². The van der Waals surface area contributed by atoms with Crippen LogP contribution in [0.2, 0.25) is 0 Å². The Kier molecular flexibility index (Phi) is 3.67. The average molecular weight is 482 g/mol. The van der Waals surface area contributed by atoms with E-state index < -0.39 is 0 Å². The summed E-state index contributed by atoms with van der Waals surface area (Å²) in [5.41, 5.74) is 11.3. The van der Waals surface area contributed by atoms with Gasteiger partial charge in [-0.2, -0.15) is 0 Å². The number of hydrogen-bond donors (Lipinski definition) is 0. The van der Waals surface area contributed by atoms with Gasteiger partial charge in [-0.1, -0.05) is 57.2 Å². The molecule has 6 aromatic rings. The van der Waals surface area contributed by atoms with Crippen molar-refractivity contribution >= 4 is 39.8 Å². The van der Waals surface area contributed by atoms with E-state index in [0.29, 0.717) is 17.8 Å². The van der Waals surface area contributed by atoms with E-state index in [-0.39, 0.29) is 7.12 Å². The largest absolute Gasteiger partial charge is 0.418 e. The lowest BCUT2D eigenvalue weighted by Crippen LogP contribution is -2.44. The average Bonchev–Trinajstić information content (AvgIpc) is 3.71. The first-order valence-corrected chi connectivity index (χ1v) is 13.6. The fourth-order valence-corrected chi connectivity index (χ4v) is 7.54. The van der Waals surface area contributed by atoms with Gasteiger partial charge in [0.25, 0.3) is 7.12 Å². The van der Waals surface area contributed by atoms with Crippen molar-refractivity contribution < 1.29 is 0 Å². The zero-order chi connectivity index (χ0) is 24.6. The summed E-state index contributed by atoms with van der Waals surface area (Å²) in [6.07, 6.45) is 3.18. The molecule has 3 atom stereocenters. The molecule has 9 rings (SSSR count). The maximum absolute atomic E-state index is 5.34. The molecule has 3 aromatic carbocycles. The van der Waals surface area contributed by atoms with Crippen LogP contribution in [0.3, 0.4) is 0 Å². The highest BCUT2D eigenvalue weighted by Gasteiger charge is 2.32. The minimum absolute atomic E-state index is 0.328. The quantitative estimate of drug-likeness (QED) is 0.307. The van der Waals surface area contributed by atoms with Gasteiger partial charge in [0.15, 0.2) is 0 Å². The van der Waals surface area contributed by atoms with Crippen LogP contribution in [-0.4, -0.2) is 36.2 Å². The summed E-state index contributed by atoms with van der Waals surface area (Å²) in [4.78, 5) is 0. The van der Waals surface area contributed by atoms with E-state index >= 15 is 0 Å². The molecule has 0 N–H and O–H groups in total. The third-order valence-electron chi connectivity index (χ3n) is 9.18. The molecule has 3 aliphatic carbocycles. The van der Waals surface area contributed by atoms with Crippen LogP contribution in [-0.2, 0) is 19.3 Å². The Balaban J connectivity index is 1.41. The van der Waals surface area contributed by atoms with Crippen molar-refractivity contribution in [3.05, 3.63) is 88.4 Å². The second kappa shape index (κ2) is 6.71. The van der Waals surface area contributed by atoms with Gasteiger partial charge in [0.2, 0.25) is 0 Å². The summed E-state index contributed by atoms with van der Waals surface area (Å²) < 4.78 is 6.61. The van der Waals surface area contributed by atoms with E-state index in [2.05, 4.69) is 89.1 Å². The van der Waals surface area contributed by atoms with Gasteiger partial charge in [-0.3, -0.25) is 0 Å². The van der Waals surface area contributed by atoms with Gasteiger partial charge in [0.1, 0.15) is 0 Å². The lowest BCUT2D eigenvalue weighted by Gasteiger charge is -2.33. The molecule has 3 heterocycles. The van der Waals surface area contributed by atoms with E-state index in [9.17, 15) is 0 Å². The molecule has 3 aromatic heterocycles. The van der Waals surface area contributed by atoms with Gasteiger partial charge in [-0.05, 0) is 54.2 Å². The molecule has 0 saturated carbocycles. The number of hydrogen-bond acceptors (Lipinski definition) is 3. The molecule has 37 heavy (non-hydrogen) atoms. The summed E-state index contributed by atoms with van der Waals surface area (Å²) in [5.74, 6) is 1.23.